The van der Waals surface area contributed by atoms with Crippen LogP contribution in [0.1, 0.15) is 22.3 Å². The van der Waals surface area contributed by atoms with Gasteiger partial charge in [-0.1, -0.05) is 48.5 Å². The molecule has 1 amide bonds. The number of benzene rings is 4. The molecule has 0 saturated heterocycles. The smallest absolute Gasteiger partial charge is 0.266 e. The molecule has 0 aliphatic carbocycles. The molecule has 0 saturated carbocycles. The second-order valence-corrected chi connectivity index (χ2v) is 10.6. The molecule has 202 valence electrons. The van der Waals surface area contributed by atoms with Crippen molar-refractivity contribution in [2.24, 2.45) is 0 Å². The second-order valence-electron chi connectivity index (χ2n) is 8.86. The Morgan fingerprint density at radius 1 is 0.875 bits per heavy atom. The molecule has 0 radical (unpaired) electrons. The Kier molecular flexibility index (Phi) is 10.0. The second kappa shape index (κ2) is 13.8. The zero-order valence-electron chi connectivity index (χ0n) is 21.9. The Morgan fingerprint density at radius 2 is 1.60 bits per heavy atom. The molecule has 0 aromatic heterocycles. The third-order valence-corrected chi connectivity index (χ3v) is 7.00. The van der Waals surface area contributed by atoms with Crippen molar-refractivity contribution in [3.63, 3.8) is 0 Å². The molecule has 4 rings (SSSR count). The minimum atomic E-state index is -0.481. The summed E-state index contributed by atoms with van der Waals surface area (Å²) in [6, 6.07) is 28.6. The Labute approximate surface area is 250 Å². The molecule has 8 heteroatoms. The summed E-state index contributed by atoms with van der Waals surface area (Å²) in [4.78, 5) is 12.7. The average Bonchev–Trinajstić information content (AvgIpc) is 2.95. The standard InChI is InChI=1S/C32H26Br2N2O4/c1-21-7-6-10-26(13-21)36-32(37)25(18-35)14-24-15-27(33)31(28(34)16-24)40-20-23-11-12-29(30(17-23)38-2)39-19-22-8-4-3-5-9-22/h3-17H,19-20H2,1-2H3,(H,36,37)/b25-14+. The summed E-state index contributed by atoms with van der Waals surface area (Å²) in [5.41, 5.74) is 4.24. The maximum Gasteiger partial charge on any atom is 0.266 e. The van der Waals surface area contributed by atoms with Crippen molar-refractivity contribution in [2.45, 2.75) is 20.1 Å². The summed E-state index contributed by atoms with van der Waals surface area (Å²) < 4.78 is 18.9. The van der Waals surface area contributed by atoms with Gasteiger partial charge in [0.2, 0.25) is 0 Å². The number of nitriles is 1. The number of hydrogen-bond acceptors (Lipinski definition) is 5. The Hall–Kier alpha value is -4.06. The minimum absolute atomic E-state index is 0.0179. The van der Waals surface area contributed by atoms with E-state index in [9.17, 15) is 10.1 Å². The van der Waals surface area contributed by atoms with E-state index in [-0.39, 0.29) is 12.2 Å². The molecule has 0 heterocycles. The van der Waals surface area contributed by atoms with Crippen LogP contribution in [0.25, 0.3) is 6.08 Å². The highest BCUT2D eigenvalue weighted by atomic mass is 79.9. The van der Waals surface area contributed by atoms with E-state index in [2.05, 4.69) is 37.2 Å². The van der Waals surface area contributed by atoms with Crippen LogP contribution in [0.4, 0.5) is 5.69 Å². The number of methoxy groups -OCH3 is 1. The van der Waals surface area contributed by atoms with Crippen LogP contribution in [-0.4, -0.2) is 13.0 Å². The first-order valence-corrected chi connectivity index (χ1v) is 13.9. The molecule has 1 N–H and O–H groups in total. The Balaban J connectivity index is 1.43. The molecular formula is C32H26Br2N2O4. The van der Waals surface area contributed by atoms with Crippen LogP contribution in [0.5, 0.6) is 17.2 Å². The lowest BCUT2D eigenvalue weighted by atomic mass is 10.1. The van der Waals surface area contributed by atoms with E-state index >= 15 is 0 Å². The lowest BCUT2D eigenvalue weighted by molar-refractivity contribution is -0.112. The maximum absolute atomic E-state index is 12.7. The van der Waals surface area contributed by atoms with Gasteiger partial charge in [0.05, 0.1) is 16.1 Å². The maximum atomic E-state index is 12.7. The predicted octanol–water partition coefficient (Wildman–Crippen LogP) is 8.23. The van der Waals surface area contributed by atoms with Gasteiger partial charge >= 0.3 is 0 Å². The molecule has 6 nitrogen and oxygen atoms in total. The molecule has 0 spiro atoms. The van der Waals surface area contributed by atoms with Gasteiger partial charge in [-0.3, -0.25) is 4.79 Å². The van der Waals surface area contributed by atoms with E-state index in [1.165, 1.54) is 6.08 Å². The van der Waals surface area contributed by atoms with Gasteiger partial charge in [-0.2, -0.15) is 5.26 Å². The van der Waals surface area contributed by atoms with Crippen LogP contribution in [0.2, 0.25) is 0 Å². The number of amides is 1. The highest BCUT2D eigenvalue weighted by Crippen LogP contribution is 2.37. The molecular weight excluding hydrogens is 636 g/mol. The highest BCUT2D eigenvalue weighted by molar-refractivity contribution is 9.11. The van der Waals surface area contributed by atoms with Gasteiger partial charge in [0.15, 0.2) is 11.5 Å². The van der Waals surface area contributed by atoms with Crippen molar-refractivity contribution in [1.82, 2.24) is 0 Å². The largest absolute Gasteiger partial charge is 0.493 e. The number of anilines is 1. The minimum Gasteiger partial charge on any atom is -0.493 e. The molecule has 0 atom stereocenters. The zero-order valence-corrected chi connectivity index (χ0v) is 25.1. The molecule has 4 aromatic carbocycles. The number of carbonyl (C=O) groups is 1. The number of ether oxygens (including phenoxy) is 3. The molecule has 40 heavy (non-hydrogen) atoms. The zero-order chi connectivity index (χ0) is 28.5. The van der Waals surface area contributed by atoms with Crippen LogP contribution in [0.3, 0.4) is 0 Å². The molecule has 0 aliphatic heterocycles. The van der Waals surface area contributed by atoms with Gasteiger partial charge in [-0.25, -0.2) is 0 Å². The van der Waals surface area contributed by atoms with Gasteiger partial charge in [0.25, 0.3) is 5.91 Å². The highest BCUT2D eigenvalue weighted by Gasteiger charge is 2.14. The first-order chi connectivity index (χ1) is 19.4. The monoisotopic (exact) mass is 660 g/mol. The molecule has 4 aromatic rings. The van der Waals surface area contributed by atoms with Crippen molar-refractivity contribution in [3.8, 4) is 23.3 Å². The summed E-state index contributed by atoms with van der Waals surface area (Å²) in [6.07, 6.45) is 1.53. The van der Waals surface area contributed by atoms with Crippen LogP contribution < -0.4 is 19.5 Å². The number of aryl methyl sites for hydroxylation is 1. The topological polar surface area (TPSA) is 80.6 Å². The van der Waals surface area contributed by atoms with Gasteiger partial charge in [-0.15, -0.1) is 0 Å². The van der Waals surface area contributed by atoms with Crippen LogP contribution in [0, 0.1) is 18.3 Å². The Morgan fingerprint density at radius 3 is 2.27 bits per heavy atom. The van der Waals surface area contributed by atoms with E-state index in [1.807, 2.05) is 79.7 Å². The number of hydrogen-bond donors (Lipinski definition) is 1. The Bertz CT molecular complexity index is 1560. The van der Waals surface area contributed by atoms with Crippen molar-refractivity contribution >= 4 is 49.5 Å². The van der Waals surface area contributed by atoms with Crippen molar-refractivity contribution in [2.75, 3.05) is 12.4 Å². The average molecular weight is 662 g/mol. The summed E-state index contributed by atoms with van der Waals surface area (Å²) in [5, 5.41) is 12.4. The van der Waals surface area contributed by atoms with E-state index < -0.39 is 5.91 Å². The first kappa shape index (κ1) is 28.9. The number of halogens is 2. The number of nitrogens with one attached hydrogen (secondary N) is 1. The molecule has 0 bridgehead atoms. The van der Waals surface area contributed by atoms with E-state index in [4.69, 9.17) is 14.2 Å². The lowest BCUT2D eigenvalue weighted by Gasteiger charge is -2.14. The first-order valence-electron chi connectivity index (χ1n) is 12.3. The van der Waals surface area contributed by atoms with E-state index in [1.54, 1.807) is 25.3 Å². The summed E-state index contributed by atoms with van der Waals surface area (Å²) in [5.74, 6) is 1.37. The van der Waals surface area contributed by atoms with Gasteiger partial charge in [0.1, 0.15) is 30.6 Å². The van der Waals surface area contributed by atoms with E-state index in [0.717, 1.165) is 16.7 Å². The molecule has 0 unspecified atom stereocenters. The number of nitrogens with zero attached hydrogens (tertiary/aromatic N) is 1. The normalized spacial score (nSPS) is 10.9. The third-order valence-electron chi connectivity index (χ3n) is 5.82. The summed E-state index contributed by atoms with van der Waals surface area (Å²) in [6.45, 7) is 2.65. The summed E-state index contributed by atoms with van der Waals surface area (Å²) >= 11 is 7.10. The van der Waals surface area contributed by atoms with Gasteiger partial charge in [-0.05, 0) is 104 Å². The summed E-state index contributed by atoms with van der Waals surface area (Å²) in [7, 11) is 1.60. The quantitative estimate of drug-likeness (QED) is 0.137. The van der Waals surface area contributed by atoms with Crippen LogP contribution in [0.15, 0.2) is 99.4 Å². The fourth-order valence-corrected chi connectivity index (χ4v) is 5.30. The van der Waals surface area contributed by atoms with Crippen molar-refractivity contribution < 1.29 is 19.0 Å². The molecule has 0 aliphatic rings. The number of rotatable bonds is 10. The van der Waals surface area contributed by atoms with Crippen molar-refractivity contribution in [1.29, 1.82) is 5.26 Å². The molecule has 0 fully saturated rings. The predicted molar refractivity (Wildman–Crippen MR) is 163 cm³/mol. The van der Waals surface area contributed by atoms with Crippen molar-refractivity contribution in [3.05, 3.63) is 122 Å². The number of carbonyl (C=O) groups excluding carboxylic acids is 1. The fourth-order valence-electron chi connectivity index (χ4n) is 3.85. The van der Waals surface area contributed by atoms with E-state index in [0.29, 0.717) is 44.1 Å². The third kappa shape index (κ3) is 7.75. The lowest BCUT2D eigenvalue weighted by Crippen LogP contribution is -2.13. The van der Waals surface area contributed by atoms with Crippen LogP contribution >= 0.6 is 31.9 Å². The fraction of sp³-hybridized carbons (Fsp3) is 0.125. The van der Waals surface area contributed by atoms with Gasteiger partial charge < -0.3 is 19.5 Å². The van der Waals surface area contributed by atoms with Crippen LogP contribution in [-0.2, 0) is 18.0 Å². The van der Waals surface area contributed by atoms with Gasteiger partial charge in [0, 0.05) is 5.69 Å². The SMILES string of the molecule is COc1cc(COc2c(Br)cc(/C=C(\C#N)C(=O)Nc3cccc(C)c3)cc2Br)ccc1OCc1ccccc1.